The molecule has 0 unspecified atom stereocenters. The first-order chi connectivity index (χ1) is 9.86. The van der Waals surface area contributed by atoms with Gasteiger partial charge in [-0.1, -0.05) is 13.8 Å². The lowest BCUT2D eigenvalue weighted by Crippen LogP contribution is -2.33. The second-order valence-electron chi connectivity index (χ2n) is 4.20. The summed E-state index contributed by atoms with van der Waals surface area (Å²) in [5.41, 5.74) is 0. The first kappa shape index (κ1) is 22.6. The minimum atomic E-state index is -3.21. The first-order valence-corrected chi connectivity index (χ1v) is 8.79. The van der Waals surface area contributed by atoms with Gasteiger partial charge < -0.3 is 14.8 Å². The van der Waals surface area contributed by atoms with Gasteiger partial charge in [0.1, 0.15) is 0 Å². The maximum atomic E-state index is 11.4. The topological polar surface area (TPSA) is 93.7 Å². The molecule has 0 saturated heterocycles. The third-order valence-corrected chi connectivity index (χ3v) is 4.01. The number of carbonyl (C=O) groups excluding carboxylic acids is 1. The average Bonchev–Trinajstić information content (AvgIpc) is 2.42. The third-order valence-electron chi connectivity index (χ3n) is 2.16. The number of ether oxygens (including phenoxy) is 2. The van der Waals surface area contributed by atoms with Crippen molar-refractivity contribution in [3.8, 4) is 0 Å². The van der Waals surface area contributed by atoms with Crippen LogP contribution in [0.1, 0.15) is 37.5 Å². The van der Waals surface area contributed by atoms with Crippen molar-refractivity contribution in [3.05, 3.63) is 0 Å². The van der Waals surface area contributed by atoms with Gasteiger partial charge in [-0.15, -0.1) is 0 Å². The Kier molecular flexibility index (Phi) is 15.3. The van der Waals surface area contributed by atoms with Crippen LogP contribution in [-0.2, 0) is 24.3 Å². The summed E-state index contributed by atoms with van der Waals surface area (Å²) in [6.45, 7) is 11.0. The highest BCUT2D eigenvalue weighted by Crippen LogP contribution is 1.94. The SMILES string of the molecule is CC.CC(=O)NCCOCCOCCNS(=O)(=O)C(C)C.[HH].[HH]. The van der Waals surface area contributed by atoms with Gasteiger partial charge in [0.2, 0.25) is 15.9 Å². The van der Waals surface area contributed by atoms with E-state index >= 15 is 0 Å². The molecule has 0 heterocycles. The van der Waals surface area contributed by atoms with Crippen molar-refractivity contribution in [2.24, 2.45) is 0 Å². The van der Waals surface area contributed by atoms with E-state index in [1.165, 1.54) is 6.92 Å². The predicted molar refractivity (Wildman–Crippen MR) is 88.0 cm³/mol. The molecule has 0 aromatic rings. The van der Waals surface area contributed by atoms with E-state index in [9.17, 15) is 13.2 Å². The zero-order valence-electron chi connectivity index (χ0n) is 13.8. The molecule has 8 heteroatoms. The number of nitrogens with one attached hydrogen (secondary N) is 2. The summed E-state index contributed by atoms with van der Waals surface area (Å²) >= 11 is 0. The second-order valence-corrected chi connectivity index (χ2v) is 6.52. The summed E-state index contributed by atoms with van der Waals surface area (Å²) in [5, 5.41) is 2.16. The normalized spacial score (nSPS) is 11.0. The summed E-state index contributed by atoms with van der Waals surface area (Å²) in [5.74, 6) is -0.0858. The van der Waals surface area contributed by atoms with Crippen molar-refractivity contribution in [2.45, 2.75) is 39.9 Å². The van der Waals surface area contributed by atoms with E-state index in [4.69, 9.17) is 9.47 Å². The van der Waals surface area contributed by atoms with Gasteiger partial charge in [0.25, 0.3) is 0 Å². The standard InChI is InChI=1S/C11H24N2O5S.C2H6.2H2/c1-10(2)19(15,16)13-5-7-18-9-8-17-6-4-12-11(3)14;1-2;;/h10,13H,4-9H2,1-3H3,(H,12,14);1-2H3;2*1H. The summed E-state index contributed by atoms with van der Waals surface area (Å²) in [6, 6.07) is 0. The Labute approximate surface area is 131 Å². The number of hydrogen-bond donors (Lipinski definition) is 2. The molecule has 0 rings (SSSR count). The fraction of sp³-hybridized carbons (Fsp3) is 0.923. The van der Waals surface area contributed by atoms with Crippen molar-refractivity contribution >= 4 is 15.9 Å². The van der Waals surface area contributed by atoms with Gasteiger partial charge in [0.15, 0.2) is 0 Å². The van der Waals surface area contributed by atoms with E-state index in [2.05, 4.69) is 10.0 Å². The van der Waals surface area contributed by atoms with Crippen LogP contribution in [0.5, 0.6) is 0 Å². The van der Waals surface area contributed by atoms with Crippen LogP contribution in [0, 0.1) is 0 Å². The molecule has 21 heavy (non-hydrogen) atoms. The Balaban J connectivity index is -0.000000432. The lowest BCUT2D eigenvalue weighted by Gasteiger charge is -2.10. The molecule has 1 amide bonds. The van der Waals surface area contributed by atoms with E-state index in [0.29, 0.717) is 33.0 Å². The van der Waals surface area contributed by atoms with E-state index in [0.717, 1.165) is 0 Å². The molecule has 0 aromatic heterocycles. The van der Waals surface area contributed by atoms with Crippen molar-refractivity contribution in [1.29, 1.82) is 0 Å². The van der Waals surface area contributed by atoms with Crippen molar-refractivity contribution in [2.75, 3.05) is 39.5 Å². The van der Waals surface area contributed by atoms with Gasteiger partial charge in [-0.05, 0) is 13.8 Å². The number of rotatable bonds is 11. The third kappa shape index (κ3) is 15.5. The van der Waals surface area contributed by atoms with Crippen LogP contribution in [0.3, 0.4) is 0 Å². The van der Waals surface area contributed by atoms with Gasteiger partial charge in [-0.3, -0.25) is 4.79 Å². The molecule has 0 aliphatic carbocycles. The summed E-state index contributed by atoms with van der Waals surface area (Å²) in [4.78, 5) is 10.5. The number of hydrogen-bond acceptors (Lipinski definition) is 5. The van der Waals surface area contributed by atoms with E-state index in [-0.39, 0.29) is 15.3 Å². The molecule has 0 aliphatic heterocycles. The molecule has 7 nitrogen and oxygen atoms in total. The van der Waals surface area contributed by atoms with E-state index < -0.39 is 15.3 Å². The lowest BCUT2D eigenvalue weighted by atomic mass is 10.6. The Hall–Kier alpha value is -0.700. The Morgan fingerprint density at radius 3 is 1.95 bits per heavy atom. The van der Waals surface area contributed by atoms with Crippen molar-refractivity contribution in [3.63, 3.8) is 0 Å². The van der Waals surface area contributed by atoms with Crippen molar-refractivity contribution in [1.82, 2.24) is 10.0 Å². The van der Waals surface area contributed by atoms with Gasteiger partial charge in [-0.25, -0.2) is 13.1 Å². The van der Waals surface area contributed by atoms with Gasteiger partial charge in [-0.2, -0.15) is 0 Å². The molecule has 0 bridgehead atoms. The maximum Gasteiger partial charge on any atom is 0.216 e. The van der Waals surface area contributed by atoms with Crippen LogP contribution >= 0.6 is 0 Å². The molecule has 2 N–H and O–H groups in total. The van der Waals surface area contributed by atoms with Crippen LogP contribution in [-0.4, -0.2) is 59.1 Å². The first-order valence-electron chi connectivity index (χ1n) is 7.24. The highest BCUT2D eigenvalue weighted by atomic mass is 32.2. The van der Waals surface area contributed by atoms with E-state index in [1.54, 1.807) is 13.8 Å². The van der Waals surface area contributed by atoms with Gasteiger partial charge in [0.05, 0.1) is 31.7 Å². The molecule has 132 valence electrons. The molecular weight excluding hydrogens is 296 g/mol. The summed E-state index contributed by atoms with van der Waals surface area (Å²) in [7, 11) is -3.21. The summed E-state index contributed by atoms with van der Waals surface area (Å²) in [6.07, 6.45) is 0. The van der Waals surface area contributed by atoms with Crippen LogP contribution in [0.25, 0.3) is 0 Å². The van der Waals surface area contributed by atoms with Crippen molar-refractivity contribution < 1.29 is 25.5 Å². The molecule has 0 spiro atoms. The summed E-state index contributed by atoms with van der Waals surface area (Å²) < 4.78 is 35.6. The highest BCUT2D eigenvalue weighted by molar-refractivity contribution is 7.90. The second kappa shape index (κ2) is 14.2. The molecule has 0 aromatic carbocycles. The monoisotopic (exact) mass is 330 g/mol. The molecule has 0 aliphatic rings. The lowest BCUT2D eigenvalue weighted by molar-refractivity contribution is -0.119. The number of carbonyl (C=O) groups is 1. The zero-order chi connectivity index (χ0) is 16.7. The van der Waals surface area contributed by atoms with Crippen LogP contribution < -0.4 is 10.0 Å². The average molecular weight is 330 g/mol. The Morgan fingerprint density at radius 1 is 1.05 bits per heavy atom. The predicted octanol–water partition coefficient (Wildman–Crippen LogP) is 1.00. The van der Waals surface area contributed by atoms with E-state index in [1.807, 2.05) is 13.8 Å². The largest absolute Gasteiger partial charge is 0.378 e. The minimum absolute atomic E-state index is 0. The quantitative estimate of drug-likeness (QED) is 0.551. The van der Waals surface area contributed by atoms with Gasteiger partial charge in [0, 0.05) is 22.9 Å². The number of sulfonamides is 1. The molecule has 0 radical (unpaired) electrons. The fourth-order valence-electron chi connectivity index (χ4n) is 1.04. The fourth-order valence-corrected chi connectivity index (χ4v) is 1.75. The minimum Gasteiger partial charge on any atom is -0.378 e. The maximum absolute atomic E-state index is 11.4. The molecular formula is C13H34N2O5S. The van der Waals surface area contributed by atoms with Gasteiger partial charge >= 0.3 is 0 Å². The number of amides is 1. The molecule has 0 fully saturated rings. The molecule has 0 atom stereocenters. The highest BCUT2D eigenvalue weighted by Gasteiger charge is 2.13. The Bertz CT molecular complexity index is 354. The molecule has 0 saturated carbocycles. The van der Waals surface area contributed by atoms with Crippen LogP contribution in [0.15, 0.2) is 0 Å². The van der Waals surface area contributed by atoms with Crippen LogP contribution in [0.4, 0.5) is 0 Å². The smallest absolute Gasteiger partial charge is 0.216 e. The Morgan fingerprint density at radius 2 is 1.52 bits per heavy atom. The zero-order valence-corrected chi connectivity index (χ0v) is 14.6. The van der Waals surface area contributed by atoms with Crippen LogP contribution in [0.2, 0.25) is 0 Å².